The molecular weight excluding hydrogens is 305 g/mol. The van der Waals surface area contributed by atoms with E-state index in [9.17, 15) is 9.18 Å². The molecule has 116 valence electrons. The number of carbonyl (C=O) groups is 1. The van der Waals surface area contributed by atoms with Gasteiger partial charge in [0.1, 0.15) is 11.0 Å². The molecule has 1 fully saturated rings. The topological polar surface area (TPSA) is 38.1 Å². The van der Waals surface area contributed by atoms with Crippen molar-refractivity contribution in [1.82, 2.24) is 14.7 Å². The average molecular weight is 322 g/mol. The molecule has 1 amide bonds. The van der Waals surface area contributed by atoms with Gasteiger partial charge in [-0.3, -0.25) is 4.79 Å². The van der Waals surface area contributed by atoms with Crippen LogP contribution in [0.5, 0.6) is 0 Å². The number of rotatable bonds is 3. The molecule has 0 unspecified atom stereocenters. The number of halogens is 2. The molecule has 0 saturated carbocycles. The van der Waals surface area contributed by atoms with E-state index in [1.807, 2.05) is 4.90 Å². The van der Waals surface area contributed by atoms with Crippen LogP contribution in [0.2, 0.25) is 5.15 Å². The molecule has 1 aliphatic rings. The van der Waals surface area contributed by atoms with E-state index in [-0.39, 0.29) is 11.7 Å². The van der Waals surface area contributed by atoms with E-state index in [1.165, 1.54) is 12.1 Å². The minimum absolute atomic E-state index is 0.0506. The van der Waals surface area contributed by atoms with Crippen LogP contribution in [0.25, 0.3) is 0 Å². The van der Waals surface area contributed by atoms with Gasteiger partial charge in [0.15, 0.2) is 0 Å². The van der Waals surface area contributed by atoms with Crippen LogP contribution >= 0.6 is 11.6 Å². The number of hydrogen-bond acceptors (Lipinski definition) is 2. The molecule has 22 heavy (non-hydrogen) atoms. The minimum atomic E-state index is -0.281. The second kappa shape index (κ2) is 6.08. The van der Waals surface area contributed by atoms with Gasteiger partial charge in [0.05, 0.1) is 17.8 Å². The highest BCUT2D eigenvalue weighted by Crippen LogP contribution is 2.24. The van der Waals surface area contributed by atoms with Crippen molar-refractivity contribution in [3.8, 4) is 0 Å². The number of benzene rings is 1. The third-order valence-corrected chi connectivity index (χ3v) is 4.30. The third kappa shape index (κ3) is 2.86. The number of carbonyl (C=O) groups excluding carboxylic acids is 1. The predicted octanol–water partition coefficient (Wildman–Crippen LogP) is 3.27. The highest BCUT2D eigenvalue weighted by molar-refractivity contribution is 6.33. The summed E-state index contributed by atoms with van der Waals surface area (Å²) in [5, 5.41) is 4.71. The second-order valence-corrected chi connectivity index (χ2v) is 5.89. The molecule has 1 saturated heterocycles. The van der Waals surface area contributed by atoms with Crippen LogP contribution in [0.3, 0.4) is 0 Å². The van der Waals surface area contributed by atoms with E-state index in [2.05, 4.69) is 5.10 Å². The maximum absolute atomic E-state index is 13.0. The average Bonchev–Trinajstić information content (AvgIpc) is 3.11. The Kier molecular flexibility index (Phi) is 4.16. The van der Waals surface area contributed by atoms with Crippen LogP contribution in [0.1, 0.15) is 34.5 Å². The molecule has 0 atom stereocenters. The van der Waals surface area contributed by atoms with E-state index < -0.39 is 0 Å². The summed E-state index contributed by atoms with van der Waals surface area (Å²) in [4.78, 5) is 14.4. The fraction of sp³-hybridized carbons (Fsp3) is 0.375. The van der Waals surface area contributed by atoms with Crippen molar-refractivity contribution in [2.24, 2.45) is 0 Å². The zero-order valence-corrected chi connectivity index (χ0v) is 13.1. The van der Waals surface area contributed by atoms with Crippen molar-refractivity contribution in [2.45, 2.75) is 26.3 Å². The minimum Gasteiger partial charge on any atom is -0.338 e. The van der Waals surface area contributed by atoms with Crippen LogP contribution in [-0.2, 0) is 6.54 Å². The van der Waals surface area contributed by atoms with Crippen molar-refractivity contribution in [2.75, 3.05) is 13.1 Å². The SMILES string of the molecule is Cc1nn(Cc2ccc(F)cc2)c(Cl)c1C(=O)N1CCCC1. The molecule has 0 radical (unpaired) electrons. The van der Waals surface area contributed by atoms with Crippen molar-refractivity contribution in [3.05, 3.63) is 52.1 Å². The molecule has 1 aromatic carbocycles. The van der Waals surface area contributed by atoms with Gasteiger partial charge in [0.25, 0.3) is 5.91 Å². The van der Waals surface area contributed by atoms with Crippen molar-refractivity contribution in [1.29, 1.82) is 0 Å². The van der Waals surface area contributed by atoms with Gasteiger partial charge in [-0.05, 0) is 37.5 Å². The van der Waals surface area contributed by atoms with Gasteiger partial charge in [-0.2, -0.15) is 5.10 Å². The summed E-state index contributed by atoms with van der Waals surface area (Å²) in [6, 6.07) is 6.17. The van der Waals surface area contributed by atoms with Crippen molar-refractivity contribution in [3.63, 3.8) is 0 Å². The van der Waals surface area contributed by atoms with Crippen LogP contribution in [0.4, 0.5) is 4.39 Å². The third-order valence-electron chi connectivity index (χ3n) is 3.92. The lowest BCUT2D eigenvalue weighted by Gasteiger charge is -2.14. The predicted molar refractivity (Wildman–Crippen MR) is 82.6 cm³/mol. The molecule has 6 heteroatoms. The van der Waals surface area contributed by atoms with Gasteiger partial charge < -0.3 is 4.90 Å². The quantitative estimate of drug-likeness (QED) is 0.870. The molecule has 0 N–H and O–H groups in total. The summed E-state index contributed by atoms with van der Waals surface area (Å²) >= 11 is 6.36. The van der Waals surface area contributed by atoms with Crippen LogP contribution < -0.4 is 0 Å². The lowest BCUT2D eigenvalue weighted by molar-refractivity contribution is 0.0792. The monoisotopic (exact) mass is 321 g/mol. The second-order valence-electron chi connectivity index (χ2n) is 5.53. The van der Waals surface area contributed by atoms with Crippen molar-refractivity contribution < 1.29 is 9.18 Å². The van der Waals surface area contributed by atoms with E-state index in [0.717, 1.165) is 31.5 Å². The first-order valence-electron chi connectivity index (χ1n) is 7.33. The number of aryl methyl sites for hydroxylation is 1. The maximum Gasteiger partial charge on any atom is 0.258 e. The first-order chi connectivity index (χ1) is 10.6. The Morgan fingerprint density at radius 3 is 2.55 bits per heavy atom. The van der Waals surface area contributed by atoms with Crippen molar-refractivity contribution >= 4 is 17.5 Å². The standard InChI is InChI=1S/C16H17ClFN3O/c1-11-14(16(22)20-8-2-3-9-20)15(17)21(19-11)10-12-4-6-13(18)7-5-12/h4-7H,2-3,8-10H2,1H3. The number of aromatic nitrogens is 2. The summed E-state index contributed by atoms with van der Waals surface area (Å²) in [7, 11) is 0. The summed E-state index contributed by atoms with van der Waals surface area (Å²) < 4.78 is 14.5. The Morgan fingerprint density at radius 1 is 1.27 bits per heavy atom. The first kappa shape index (κ1) is 15.0. The smallest absolute Gasteiger partial charge is 0.258 e. The fourth-order valence-electron chi connectivity index (χ4n) is 2.74. The normalized spacial score (nSPS) is 14.6. The zero-order valence-electron chi connectivity index (χ0n) is 12.4. The van der Waals surface area contributed by atoms with E-state index in [4.69, 9.17) is 11.6 Å². The lowest BCUT2D eigenvalue weighted by Crippen LogP contribution is -2.28. The van der Waals surface area contributed by atoms with Gasteiger partial charge in [0.2, 0.25) is 0 Å². The van der Waals surface area contributed by atoms with Gasteiger partial charge in [-0.25, -0.2) is 9.07 Å². The molecule has 0 bridgehead atoms. The van der Waals surface area contributed by atoms with Gasteiger partial charge in [0, 0.05) is 13.1 Å². The summed E-state index contributed by atoms with van der Waals surface area (Å²) in [6.45, 7) is 3.75. The summed E-state index contributed by atoms with van der Waals surface area (Å²) in [6.07, 6.45) is 2.07. The van der Waals surface area contributed by atoms with Gasteiger partial charge in [-0.15, -0.1) is 0 Å². The maximum atomic E-state index is 13.0. The number of likely N-dealkylation sites (tertiary alicyclic amines) is 1. The molecule has 3 rings (SSSR count). The van der Waals surface area contributed by atoms with Gasteiger partial charge in [-0.1, -0.05) is 23.7 Å². The summed E-state index contributed by atoms with van der Waals surface area (Å²) in [5.41, 5.74) is 1.99. The molecular formula is C16H17ClFN3O. The van der Waals surface area contributed by atoms with E-state index in [0.29, 0.717) is 23.0 Å². The molecule has 2 aromatic rings. The fourth-order valence-corrected chi connectivity index (χ4v) is 3.06. The van der Waals surface area contributed by atoms with Crippen LogP contribution in [-0.4, -0.2) is 33.7 Å². The number of hydrogen-bond donors (Lipinski definition) is 0. The van der Waals surface area contributed by atoms with E-state index in [1.54, 1.807) is 23.7 Å². The lowest BCUT2D eigenvalue weighted by atomic mass is 10.2. The van der Waals surface area contributed by atoms with Crippen LogP contribution in [0, 0.1) is 12.7 Å². The highest BCUT2D eigenvalue weighted by atomic mass is 35.5. The Labute approximate surface area is 133 Å². The largest absolute Gasteiger partial charge is 0.338 e. The molecule has 1 aliphatic heterocycles. The number of amides is 1. The highest BCUT2D eigenvalue weighted by Gasteiger charge is 2.26. The summed E-state index contributed by atoms with van der Waals surface area (Å²) in [5.74, 6) is -0.332. The Bertz CT molecular complexity index is 690. The number of nitrogens with zero attached hydrogens (tertiary/aromatic N) is 3. The molecule has 0 spiro atoms. The van der Waals surface area contributed by atoms with Gasteiger partial charge >= 0.3 is 0 Å². The molecule has 1 aromatic heterocycles. The first-order valence-corrected chi connectivity index (χ1v) is 7.70. The zero-order chi connectivity index (χ0) is 15.7. The van der Waals surface area contributed by atoms with E-state index >= 15 is 0 Å². The molecule has 4 nitrogen and oxygen atoms in total. The molecule has 2 heterocycles. The molecule has 0 aliphatic carbocycles. The Morgan fingerprint density at radius 2 is 1.91 bits per heavy atom. The Hall–Kier alpha value is -1.88. The van der Waals surface area contributed by atoms with Crippen LogP contribution in [0.15, 0.2) is 24.3 Å². The Balaban J connectivity index is 1.86.